The van der Waals surface area contributed by atoms with E-state index in [0.717, 1.165) is 49.2 Å². The number of carboxylic acids is 1. The molecule has 0 aliphatic carbocycles. The first-order valence-corrected chi connectivity index (χ1v) is 13.5. The fraction of sp³-hybridized carbons (Fsp3) is 0.333. The first kappa shape index (κ1) is 28.7. The summed E-state index contributed by atoms with van der Waals surface area (Å²) in [5.41, 5.74) is 4.78. The van der Waals surface area contributed by atoms with E-state index in [1.807, 2.05) is 24.3 Å². The lowest BCUT2D eigenvalue weighted by Crippen LogP contribution is -2.22. The molecule has 1 atom stereocenters. The van der Waals surface area contributed by atoms with Crippen molar-refractivity contribution in [3.8, 4) is 5.75 Å². The van der Waals surface area contributed by atoms with E-state index in [9.17, 15) is 14.7 Å². The van der Waals surface area contributed by atoms with Crippen molar-refractivity contribution in [2.24, 2.45) is 5.92 Å². The number of carbonyl (C=O) groups is 2. The molecule has 0 heterocycles. The van der Waals surface area contributed by atoms with Crippen molar-refractivity contribution in [2.75, 3.05) is 18.0 Å². The predicted molar refractivity (Wildman–Crippen MR) is 155 cm³/mol. The van der Waals surface area contributed by atoms with Crippen molar-refractivity contribution in [3.05, 3.63) is 101 Å². The summed E-state index contributed by atoms with van der Waals surface area (Å²) in [6, 6.07) is 18.1. The average Bonchev–Trinajstić information content (AvgIpc) is 2.95. The molecule has 0 aliphatic rings. The zero-order chi connectivity index (χ0) is 27.7. The van der Waals surface area contributed by atoms with Crippen LogP contribution in [0.1, 0.15) is 83.5 Å². The Hall–Kier alpha value is -3.86. The second-order valence-corrected chi connectivity index (χ2v) is 9.61. The molecule has 0 saturated heterocycles. The molecule has 38 heavy (non-hydrogen) atoms. The van der Waals surface area contributed by atoms with Gasteiger partial charge in [-0.15, -0.1) is 0 Å². The Morgan fingerprint density at radius 3 is 2.32 bits per heavy atom. The first-order chi connectivity index (χ1) is 18.3. The highest BCUT2D eigenvalue weighted by Gasteiger charge is 2.22. The molecule has 5 heteroatoms. The molecule has 0 bridgehead atoms. The van der Waals surface area contributed by atoms with Crippen LogP contribution in [0.3, 0.4) is 0 Å². The molecule has 5 nitrogen and oxygen atoms in total. The maximum Gasteiger partial charge on any atom is 0.336 e. The van der Waals surface area contributed by atoms with E-state index in [1.54, 1.807) is 24.3 Å². The lowest BCUT2D eigenvalue weighted by molar-refractivity contribution is 0.0692. The van der Waals surface area contributed by atoms with Gasteiger partial charge in [-0.05, 0) is 67.5 Å². The van der Waals surface area contributed by atoms with Crippen LogP contribution in [0.25, 0.3) is 6.08 Å². The van der Waals surface area contributed by atoms with Gasteiger partial charge in [-0.2, -0.15) is 0 Å². The Labute approximate surface area is 226 Å². The number of carboxylic acid groups (broad SMARTS) is 1. The summed E-state index contributed by atoms with van der Waals surface area (Å²) < 4.78 is 6.30. The number of anilines is 1. The van der Waals surface area contributed by atoms with Crippen molar-refractivity contribution in [3.63, 3.8) is 0 Å². The Morgan fingerprint density at radius 1 is 0.974 bits per heavy atom. The van der Waals surface area contributed by atoms with Gasteiger partial charge < -0.3 is 14.7 Å². The van der Waals surface area contributed by atoms with Gasteiger partial charge in [0.1, 0.15) is 12.4 Å². The van der Waals surface area contributed by atoms with Gasteiger partial charge in [-0.1, -0.05) is 69.3 Å². The molecule has 0 amide bonds. The molecule has 3 rings (SSSR count). The Morgan fingerprint density at radius 2 is 1.68 bits per heavy atom. The summed E-state index contributed by atoms with van der Waals surface area (Å²) in [4.78, 5) is 27.5. The molecule has 1 N–H and O–H groups in total. The van der Waals surface area contributed by atoms with E-state index in [-0.39, 0.29) is 23.5 Å². The fourth-order valence-electron chi connectivity index (χ4n) is 4.55. The molecular formula is C33H39NO4. The third-order valence-electron chi connectivity index (χ3n) is 7.17. The summed E-state index contributed by atoms with van der Waals surface area (Å²) in [7, 11) is 0. The van der Waals surface area contributed by atoms with E-state index < -0.39 is 5.97 Å². The van der Waals surface area contributed by atoms with Gasteiger partial charge in [-0.25, -0.2) is 4.79 Å². The van der Waals surface area contributed by atoms with Crippen LogP contribution < -0.4 is 9.64 Å². The zero-order valence-corrected chi connectivity index (χ0v) is 23.0. The molecule has 200 valence electrons. The number of rotatable bonds is 14. The van der Waals surface area contributed by atoms with Crippen LogP contribution in [-0.4, -0.2) is 29.9 Å². The molecular weight excluding hydrogens is 474 g/mol. The Kier molecular flexibility index (Phi) is 10.3. The van der Waals surface area contributed by atoms with E-state index in [2.05, 4.69) is 51.3 Å². The van der Waals surface area contributed by atoms with Crippen molar-refractivity contribution < 1.29 is 19.4 Å². The maximum atomic E-state index is 13.6. The number of ketones is 1. The van der Waals surface area contributed by atoms with Crippen LogP contribution in [0.15, 0.2) is 67.2 Å². The second kappa shape index (κ2) is 13.6. The largest absolute Gasteiger partial charge is 0.488 e. The first-order valence-electron chi connectivity index (χ1n) is 13.5. The van der Waals surface area contributed by atoms with Crippen LogP contribution in [0.2, 0.25) is 0 Å². The van der Waals surface area contributed by atoms with Crippen molar-refractivity contribution in [1.29, 1.82) is 0 Å². The standard InChI is InChI=1S/C33H39NO4/c1-6-23(5)14-16-26-20-24(15-17-25(26)7-2)22-38-31-21-27(34(8-3)9-4)18-19-30(31)32(35)28-12-10-11-13-29(28)33(36)37/h7,10-13,15,17-21,23H,2,6,8-9,14,16,22H2,1,3-5H3,(H,36,37). The number of hydrogen-bond donors (Lipinski definition) is 1. The van der Waals surface area contributed by atoms with Gasteiger partial charge >= 0.3 is 5.97 Å². The van der Waals surface area contributed by atoms with Gasteiger partial charge in [-0.3, -0.25) is 4.79 Å². The summed E-state index contributed by atoms with van der Waals surface area (Å²) in [6.07, 6.45) is 5.12. The highest BCUT2D eigenvalue weighted by Crippen LogP contribution is 2.30. The van der Waals surface area contributed by atoms with Gasteiger partial charge in [0, 0.05) is 30.4 Å². The summed E-state index contributed by atoms with van der Waals surface area (Å²) >= 11 is 0. The molecule has 3 aromatic rings. The van der Waals surface area contributed by atoms with Crippen LogP contribution >= 0.6 is 0 Å². The number of hydrogen-bond acceptors (Lipinski definition) is 4. The van der Waals surface area contributed by atoms with Crippen molar-refractivity contribution >= 4 is 23.5 Å². The zero-order valence-electron chi connectivity index (χ0n) is 23.0. The highest BCUT2D eigenvalue weighted by atomic mass is 16.5. The van der Waals surface area contributed by atoms with Crippen LogP contribution in [0.5, 0.6) is 5.75 Å². The lowest BCUT2D eigenvalue weighted by Gasteiger charge is -2.23. The number of aryl methyl sites for hydroxylation is 1. The highest BCUT2D eigenvalue weighted by molar-refractivity contribution is 6.15. The SMILES string of the molecule is C=Cc1ccc(COc2cc(N(CC)CC)ccc2C(=O)c2ccccc2C(=O)O)cc1CCC(C)CC. The Balaban J connectivity index is 1.96. The minimum absolute atomic E-state index is 0.0257. The fourth-order valence-corrected chi connectivity index (χ4v) is 4.55. The normalized spacial score (nSPS) is 11.6. The summed E-state index contributed by atoms with van der Waals surface area (Å²) in [5, 5.41) is 9.63. The average molecular weight is 514 g/mol. The number of nitrogens with zero attached hydrogens (tertiary/aromatic N) is 1. The van der Waals surface area contributed by atoms with Gasteiger partial charge in [0.05, 0.1) is 11.1 Å². The topological polar surface area (TPSA) is 66.8 Å². The third kappa shape index (κ3) is 6.91. The van der Waals surface area contributed by atoms with Gasteiger partial charge in [0.25, 0.3) is 0 Å². The second-order valence-electron chi connectivity index (χ2n) is 9.61. The molecule has 0 saturated carbocycles. The smallest absolute Gasteiger partial charge is 0.336 e. The third-order valence-corrected chi connectivity index (χ3v) is 7.17. The number of ether oxygens (including phenoxy) is 1. The molecule has 0 spiro atoms. The van der Waals surface area contributed by atoms with Crippen LogP contribution in [-0.2, 0) is 13.0 Å². The Bertz CT molecular complexity index is 1280. The van der Waals surface area contributed by atoms with E-state index in [4.69, 9.17) is 4.74 Å². The molecule has 0 aliphatic heterocycles. The number of benzene rings is 3. The molecule has 3 aromatic carbocycles. The summed E-state index contributed by atoms with van der Waals surface area (Å²) in [5.74, 6) is -0.421. The van der Waals surface area contributed by atoms with E-state index >= 15 is 0 Å². The molecule has 0 fully saturated rings. The quantitative estimate of drug-likeness (QED) is 0.224. The number of aromatic carboxylic acids is 1. The van der Waals surface area contributed by atoms with E-state index in [1.165, 1.54) is 11.6 Å². The van der Waals surface area contributed by atoms with Gasteiger partial charge in [0.2, 0.25) is 0 Å². The number of carbonyl (C=O) groups excluding carboxylic acids is 1. The minimum Gasteiger partial charge on any atom is -0.488 e. The van der Waals surface area contributed by atoms with Crippen LogP contribution in [0.4, 0.5) is 5.69 Å². The molecule has 0 radical (unpaired) electrons. The summed E-state index contributed by atoms with van der Waals surface area (Å²) in [6.45, 7) is 14.5. The van der Waals surface area contributed by atoms with Gasteiger partial charge in [0.15, 0.2) is 5.78 Å². The van der Waals surface area contributed by atoms with E-state index in [0.29, 0.717) is 17.2 Å². The maximum absolute atomic E-state index is 13.6. The monoisotopic (exact) mass is 513 g/mol. The van der Waals surface area contributed by atoms with Crippen molar-refractivity contribution in [2.45, 2.75) is 53.6 Å². The molecule has 1 unspecified atom stereocenters. The minimum atomic E-state index is -1.14. The van der Waals surface area contributed by atoms with Crippen LogP contribution in [0, 0.1) is 5.92 Å². The van der Waals surface area contributed by atoms with Crippen molar-refractivity contribution in [1.82, 2.24) is 0 Å². The molecule has 0 aromatic heterocycles. The lowest BCUT2D eigenvalue weighted by atomic mass is 9.95. The predicted octanol–water partition coefficient (Wildman–Crippen LogP) is 7.66.